The second-order valence-corrected chi connectivity index (χ2v) is 22.6. The molecule has 0 saturated carbocycles. The smallest absolute Gasteiger partial charge is 0.207 e. The Kier molecular flexibility index (Phi) is 19.5. The number of hydrogen-bond acceptors (Lipinski definition) is 1. The quantitative estimate of drug-likeness (QED) is 0.111. The van der Waals surface area contributed by atoms with Crippen LogP contribution in [-0.2, 0) is 39.3 Å². The van der Waals surface area contributed by atoms with Crippen molar-refractivity contribution < 1.29 is 26.9 Å². The Balaban J connectivity index is 0.00000258. The molecule has 0 radical (unpaired) electrons. The number of halogens is 2. The average molecular weight is 820 g/mol. The third kappa shape index (κ3) is 25.7. The van der Waals surface area contributed by atoms with Crippen molar-refractivity contribution in [2.24, 2.45) is 0 Å². The number of alkyl halides is 2. The van der Waals surface area contributed by atoms with Crippen molar-refractivity contribution in [3.05, 3.63) is 69.8 Å². The second-order valence-electron chi connectivity index (χ2n) is 19.9. The first kappa shape index (κ1) is 48.1. The lowest BCUT2D eigenvalue weighted by Gasteiger charge is -2.39. The summed E-state index contributed by atoms with van der Waals surface area (Å²) in [7, 11) is 41.2. The molecule has 0 fully saturated rings. The SMILES string of the molecule is BrCBr.CCN(C)C.C[N+](C)(C)Cc1cc(C[N+](C)(C)C)cc(C[N+](C)(C)C[N+](C)(C)Cc2cc(C[N+](C)(C)C)cc(C[N+](C)(C)C)c2)c1. The molecule has 0 aliphatic rings. The van der Waals surface area contributed by atoms with E-state index < -0.39 is 0 Å². The maximum absolute atomic E-state index is 3.06. The molecule has 0 aliphatic carbocycles. The van der Waals surface area contributed by atoms with Gasteiger partial charge in [0.2, 0.25) is 6.67 Å². The molecule has 0 heterocycles. The molecule has 49 heavy (non-hydrogen) atoms. The van der Waals surface area contributed by atoms with Gasteiger partial charge >= 0.3 is 0 Å². The van der Waals surface area contributed by atoms with Crippen LogP contribution in [0.4, 0.5) is 0 Å². The second kappa shape index (κ2) is 19.8. The van der Waals surface area contributed by atoms with E-state index >= 15 is 0 Å². The van der Waals surface area contributed by atoms with Gasteiger partial charge in [-0.2, -0.15) is 0 Å². The monoisotopic (exact) mass is 817 g/mol. The highest BCUT2D eigenvalue weighted by atomic mass is 79.9. The lowest BCUT2D eigenvalue weighted by molar-refractivity contribution is -1.08. The van der Waals surface area contributed by atoms with Crippen molar-refractivity contribution in [1.29, 1.82) is 0 Å². The molecule has 0 saturated heterocycles. The summed E-state index contributed by atoms with van der Waals surface area (Å²) < 4.78 is 6.55. The standard InChI is InChI=1S/C35H68N6.C4H11N.CH2Br2/c1-36(2,3)23-30-17-31(24-37(4,5)6)20-34(19-30)27-40(13,14)29-41(15,16)28-35-21-32(25-38(7,8)9)18-33(22-35)26-39(10,11)12;1-4-5(2)3;2-1-3/h17-22H,23-29H2,1-16H3;4H2,1-3H3;1H2/q+6;;. The molecule has 2 rings (SSSR count). The Hall–Kier alpha value is -0.880. The molecule has 0 atom stereocenters. The van der Waals surface area contributed by atoms with Gasteiger partial charge in [0.05, 0.1) is 117 Å². The van der Waals surface area contributed by atoms with Crippen LogP contribution in [0.25, 0.3) is 0 Å². The predicted molar refractivity (Wildman–Crippen MR) is 223 cm³/mol. The summed E-state index contributed by atoms with van der Waals surface area (Å²) in [5.74, 6) is 0. The van der Waals surface area contributed by atoms with E-state index in [0.717, 1.165) is 83.6 Å². The molecular weight excluding hydrogens is 738 g/mol. The Morgan fingerprint density at radius 1 is 0.408 bits per heavy atom. The van der Waals surface area contributed by atoms with E-state index in [1.165, 1.54) is 33.4 Å². The molecule has 0 aliphatic heterocycles. The number of quaternary nitrogens is 6. The third-order valence-corrected chi connectivity index (χ3v) is 7.47. The van der Waals surface area contributed by atoms with Crippen LogP contribution in [0.15, 0.2) is 36.4 Å². The zero-order chi connectivity index (χ0) is 38.6. The topological polar surface area (TPSA) is 3.24 Å². The van der Waals surface area contributed by atoms with Crippen molar-refractivity contribution in [3.8, 4) is 0 Å². The molecule has 2 aromatic carbocycles. The highest BCUT2D eigenvalue weighted by molar-refractivity contribution is 9.24. The summed E-state index contributed by atoms with van der Waals surface area (Å²) in [4.78, 5) is 2.12. The summed E-state index contributed by atoms with van der Waals surface area (Å²) >= 11 is 6.12. The lowest BCUT2D eigenvalue weighted by atomic mass is 10.0. The van der Waals surface area contributed by atoms with Crippen molar-refractivity contribution in [2.75, 3.05) is 144 Å². The van der Waals surface area contributed by atoms with E-state index in [-0.39, 0.29) is 0 Å². The van der Waals surface area contributed by atoms with Gasteiger partial charge in [-0.15, -0.1) is 0 Å². The van der Waals surface area contributed by atoms with E-state index in [0.29, 0.717) is 0 Å². The fourth-order valence-corrected chi connectivity index (χ4v) is 6.54. The van der Waals surface area contributed by atoms with Crippen LogP contribution in [0, 0.1) is 0 Å². The summed E-state index contributed by atoms with van der Waals surface area (Å²) in [6.07, 6.45) is 0. The van der Waals surface area contributed by atoms with Gasteiger partial charge in [-0.25, -0.2) is 0 Å². The first-order chi connectivity index (χ1) is 21.9. The fourth-order valence-electron chi connectivity index (χ4n) is 6.54. The predicted octanol–water partition coefficient (Wildman–Crippen LogP) is 6.62. The van der Waals surface area contributed by atoms with E-state index in [9.17, 15) is 0 Å². The van der Waals surface area contributed by atoms with E-state index in [1.54, 1.807) is 0 Å². The maximum Gasteiger partial charge on any atom is 0.207 e. The Morgan fingerprint density at radius 3 is 0.714 bits per heavy atom. The molecule has 7 nitrogen and oxygen atoms in total. The van der Waals surface area contributed by atoms with Crippen LogP contribution < -0.4 is 0 Å². The first-order valence-electron chi connectivity index (χ1n) is 17.7. The molecule has 0 bridgehead atoms. The van der Waals surface area contributed by atoms with Gasteiger partial charge in [-0.05, 0) is 57.0 Å². The van der Waals surface area contributed by atoms with E-state index in [1.807, 2.05) is 0 Å². The van der Waals surface area contributed by atoms with Gasteiger partial charge in [0.25, 0.3) is 0 Å². The minimum absolute atomic E-state index is 0.875. The lowest BCUT2D eigenvalue weighted by Crippen LogP contribution is -2.54. The molecule has 0 amide bonds. The van der Waals surface area contributed by atoms with Crippen LogP contribution in [0.3, 0.4) is 0 Å². The van der Waals surface area contributed by atoms with Crippen LogP contribution in [0.2, 0.25) is 0 Å². The highest BCUT2D eigenvalue weighted by Gasteiger charge is 2.29. The minimum atomic E-state index is 0.875. The van der Waals surface area contributed by atoms with Gasteiger partial charge < -0.3 is 22.8 Å². The van der Waals surface area contributed by atoms with Crippen LogP contribution in [0.1, 0.15) is 40.3 Å². The Bertz CT molecular complexity index is 1090. The summed E-state index contributed by atoms with van der Waals surface area (Å²) in [5.41, 5.74) is 8.72. The zero-order valence-electron chi connectivity index (χ0n) is 35.7. The molecule has 0 unspecified atom stereocenters. The minimum Gasteiger partial charge on any atom is -0.327 e. The Morgan fingerprint density at radius 2 is 0.571 bits per heavy atom. The van der Waals surface area contributed by atoms with Crippen molar-refractivity contribution in [1.82, 2.24) is 4.90 Å². The molecule has 2 aromatic rings. The maximum atomic E-state index is 3.06. The molecule has 9 heteroatoms. The summed E-state index contributed by atoms with van der Waals surface area (Å²) in [5, 5.41) is 0. The molecule has 0 spiro atoms. The van der Waals surface area contributed by atoms with E-state index in [4.69, 9.17) is 0 Å². The van der Waals surface area contributed by atoms with Gasteiger partial charge in [0.1, 0.15) is 39.3 Å². The number of benzene rings is 2. The average Bonchev–Trinajstić information content (AvgIpc) is 2.78. The van der Waals surface area contributed by atoms with Crippen molar-refractivity contribution in [3.63, 3.8) is 0 Å². The number of rotatable bonds is 15. The molecular formula is C40H81Br2N7+6. The molecule has 0 N–H and O–H groups in total. The van der Waals surface area contributed by atoms with Crippen molar-refractivity contribution >= 4 is 31.9 Å². The zero-order valence-corrected chi connectivity index (χ0v) is 38.9. The first-order valence-corrected chi connectivity index (χ1v) is 20.0. The van der Waals surface area contributed by atoms with Gasteiger partial charge in [0.15, 0.2) is 0 Å². The molecule has 284 valence electrons. The Labute approximate surface area is 322 Å². The van der Waals surface area contributed by atoms with Crippen LogP contribution in [0.5, 0.6) is 0 Å². The van der Waals surface area contributed by atoms with Crippen LogP contribution >= 0.6 is 31.9 Å². The molecule has 0 aromatic heterocycles. The summed E-state index contributed by atoms with van der Waals surface area (Å²) in [6.45, 7) is 10.6. The number of hydrogen-bond donors (Lipinski definition) is 0. The normalized spacial score (nSPS) is 13.1. The largest absolute Gasteiger partial charge is 0.327 e. The van der Waals surface area contributed by atoms with Gasteiger partial charge in [-0.1, -0.05) is 38.8 Å². The third-order valence-electron chi connectivity index (χ3n) is 7.47. The van der Waals surface area contributed by atoms with Gasteiger partial charge in [0, 0.05) is 33.4 Å². The van der Waals surface area contributed by atoms with Crippen molar-refractivity contribution in [2.45, 2.75) is 46.2 Å². The van der Waals surface area contributed by atoms with E-state index in [2.05, 4.69) is 207 Å². The van der Waals surface area contributed by atoms with Crippen LogP contribution in [-0.4, -0.2) is 176 Å². The van der Waals surface area contributed by atoms with Gasteiger partial charge in [-0.3, -0.25) is 8.97 Å². The highest BCUT2D eigenvalue weighted by Crippen LogP contribution is 2.23. The number of nitrogens with zero attached hydrogens (tertiary/aromatic N) is 7. The summed E-state index contributed by atoms with van der Waals surface area (Å²) in [6, 6.07) is 14.7. The fraction of sp³-hybridized carbons (Fsp3) is 0.700.